The number of benzene rings is 4. The topological polar surface area (TPSA) is 430 Å². The minimum atomic E-state index is -0.810. The summed E-state index contributed by atoms with van der Waals surface area (Å²) in [5.74, 6) is 12.4. The second-order valence-corrected chi connectivity index (χ2v) is 24.8. The molecule has 5 rings (SSSR count). The quantitative estimate of drug-likeness (QED) is 0.00710. The number of phenolic OH excluding ortho intramolecular Hbond substituents is 1. The molecule has 4 aromatic rings. The fourth-order valence-corrected chi connectivity index (χ4v) is 8.96. The second-order valence-electron chi connectivity index (χ2n) is 24.8. The second kappa shape index (κ2) is 58.2. The van der Waals surface area contributed by atoms with Gasteiger partial charge in [0.25, 0.3) is 17.5 Å². The number of hydrogen-bond acceptors (Lipinski definition) is 25. The summed E-state index contributed by atoms with van der Waals surface area (Å²) >= 11 is 0. The van der Waals surface area contributed by atoms with Crippen LogP contribution in [-0.4, -0.2) is 141 Å². The van der Waals surface area contributed by atoms with Crippen molar-refractivity contribution in [2.75, 3.05) is 74.7 Å². The number of unbranched alkanes of at least 4 members (excludes halogenated alkanes) is 6. The number of amides is 5. The molecule has 31 nitrogen and oxygen atoms in total. The minimum absolute atomic E-state index is 0.0131. The number of nitrogens with one attached hydrogen (secondary N) is 3. The summed E-state index contributed by atoms with van der Waals surface area (Å²) in [5, 5.41) is 48.1. The molecule has 0 bridgehead atoms. The molecule has 5 amide bonds. The Balaban J connectivity index is 0.000000685. The molecule has 107 heavy (non-hydrogen) atoms. The van der Waals surface area contributed by atoms with Crippen LogP contribution in [0, 0.1) is 38.0 Å². The Bertz CT molecular complexity index is 3380. The first kappa shape index (κ1) is 95.0. The number of nitrogens with two attached hydrogens (primary N) is 2. The number of allylic oxidation sites excluding steroid dienone is 6. The highest BCUT2D eigenvalue weighted by Crippen LogP contribution is 2.32. The SMILES string of the molecule is COCCOCCC(=O)ON1C(=O)CCC1=O.COc1cc(CNC(=O)CCCC/C=C/C(C)C)ccc1O.COc1cc(CNC(=O)CCCC/C=C/C(C)C)ccc1OCC(=O)CCOCCO.COc1cc(CNC(=O)CCCC/C=C/C(C)C)ccc1ON.NOc1ccc([N+](=O)[O-])cc1[N+](=O)[O-]. The highest BCUT2D eigenvalue weighted by molar-refractivity contribution is 6.01. The molecule has 1 aliphatic heterocycles. The number of aliphatic hydroxyl groups excluding tert-OH is 1. The number of hydroxylamine groups is 2. The van der Waals surface area contributed by atoms with Crippen molar-refractivity contribution in [2.24, 2.45) is 29.5 Å². The zero-order valence-corrected chi connectivity index (χ0v) is 63.5. The minimum Gasteiger partial charge on any atom is -0.504 e. The van der Waals surface area contributed by atoms with Crippen LogP contribution >= 0.6 is 0 Å². The van der Waals surface area contributed by atoms with E-state index in [9.17, 15) is 58.9 Å². The zero-order chi connectivity index (χ0) is 79.7. The van der Waals surface area contributed by atoms with Crippen LogP contribution < -0.4 is 56.4 Å². The number of hydrogen-bond donors (Lipinski definition) is 7. The van der Waals surface area contributed by atoms with E-state index in [1.54, 1.807) is 56.7 Å². The first-order valence-electron chi connectivity index (χ1n) is 35.4. The van der Waals surface area contributed by atoms with Crippen LogP contribution in [0.4, 0.5) is 11.4 Å². The van der Waals surface area contributed by atoms with E-state index >= 15 is 0 Å². The number of methoxy groups -OCH3 is 4. The molecule has 1 heterocycles. The molecule has 0 aromatic heterocycles. The first-order valence-corrected chi connectivity index (χ1v) is 35.4. The third-order valence-corrected chi connectivity index (χ3v) is 14.6. The molecule has 1 fully saturated rings. The summed E-state index contributed by atoms with van der Waals surface area (Å²) in [6.45, 7) is 15.6. The van der Waals surface area contributed by atoms with Gasteiger partial charge in [0, 0.05) is 71.3 Å². The Morgan fingerprint density at radius 1 is 0.523 bits per heavy atom. The van der Waals surface area contributed by atoms with E-state index in [0.717, 1.165) is 92.7 Å². The molecule has 4 aromatic carbocycles. The maximum absolute atomic E-state index is 12.0. The Morgan fingerprint density at radius 2 is 0.953 bits per heavy atom. The van der Waals surface area contributed by atoms with Gasteiger partial charge in [0.1, 0.15) is 6.61 Å². The van der Waals surface area contributed by atoms with Crippen molar-refractivity contribution in [2.45, 2.75) is 164 Å². The summed E-state index contributed by atoms with van der Waals surface area (Å²) in [6.07, 6.45) is 23.9. The molecule has 1 saturated heterocycles. The van der Waals surface area contributed by atoms with E-state index in [4.69, 9.17) is 54.9 Å². The number of aromatic hydroxyl groups is 1. The van der Waals surface area contributed by atoms with Gasteiger partial charge in [0.15, 0.2) is 40.3 Å². The number of carbonyl (C=O) groups is 7. The van der Waals surface area contributed by atoms with E-state index in [1.165, 1.54) is 14.2 Å². The van der Waals surface area contributed by atoms with E-state index in [1.807, 2.05) is 12.1 Å². The van der Waals surface area contributed by atoms with Crippen molar-refractivity contribution in [3.63, 3.8) is 0 Å². The lowest BCUT2D eigenvalue weighted by molar-refractivity contribution is -0.394. The molecule has 0 radical (unpaired) electrons. The van der Waals surface area contributed by atoms with Gasteiger partial charge in [0.2, 0.25) is 23.5 Å². The molecule has 0 saturated carbocycles. The van der Waals surface area contributed by atoms with Crippen molar-refractivity contribution in [3.05, 3.63) is 146 Å². The monoisotopic (exact) mass is 1500 g/mol. The molecule has 0 atom stereocenters. The van der Waals surface area contributed by atoms with Crippen LogP contribution in [0.15, 0.2) is 109 Å². The Labute approximate surface area is 627 Å². The number of ether oxygens (including phenoxy) is 7. The van der Waals surface area contributed by atoms with Crippen LogP contribution in [0.1, 0.15) is 161 Å². The lowest BCUT2D eigenvalue weighted by Crippen LogP contribution is -2.32. The number of aliphatic hydroxyl groups is 1. The van der Waals surface area contributed by atoms with Crippen LogP contribution in [0.3, 0.4) is 0 Å². The van der Waals surface area contributed by atoms with Crippen LogP contribution in [0.2, 0.25) is 0 Å². The smallest absolute Gasteiger partial charge is 0.335 e. The molecule has 9 N–H and O–H groups in total. The Hall–Kier alpha value is -10.0. The normalized spacial score (nSPS) is 11.6. The lowest BCUT2D eigenvalue weighted by atomic mass is 10.1. The fraction of sp³-hybridized carbons (Fsp3) is 0.513. The van der Waals surface area contributed by atoms with Gasteiger partial charge in [-0.05, 0) is 135 Å². The number of nitrogens with zero attached hydrogens (tertiary/aromatic N) is 3. The lowest BCUT2D eigenvalue weighted by Gasteiger charge is -2.12. The predicted molar refractivity (Wildman–Crippen MR) is 400 cm³/mol. The van der Waals surface area contributed by atoms with Gasteiger partial charge in [-0.2, -0.15) is 11.8 Å². The van der Waals surface area contributed by atoms with E-state index in [0.29, 0.717) is 104 Å². The van der Waals surface area contributed by atoms with Crippen molar-refractivity contribution < 1.29 is 101 Å². The number of nitro benzene ring substituents is 2. The molecule has 0 unspecified atom stereocenters. The average Bonchev–Trinajstić information content (AvgIpc) is 0.938. The number of nitro groups is 2. The third-order valence-electron chi connectivity index (χ3n) is 14.6. The van der Waals surface area contributed by atoms with Gasteiger partial charge >= 0.3 is 11.7 Å². The summed E-state index contributed by atoms with van der Waals surface area (Å²) < 4.78 is 36.0. The standard InChI is InChI=1S/C24H37NO6.C18H28N2O3.C18H27NO3.C10H15NO6.C6H5N3O5/c1-19(2)8-6-4-5-7-9-24(28)25-17-20-10-11-22(23(16-20)29-3)31-18-21(27)12-14-30-15-13-26;1-14(2)8-6-4-5-7-9-18(21)20-13-15-10-11-16(23-19)17(12-15)22-3;1-14(2)8-6-4-5-7-9-18(21)19-13-15-10-11-16(20)17(12-15)22-3;1-15-6-7-16-5-4-10(14)17-11-8(12)2-3-9(11)13;7-14-6-2-1-4(8(10)11)3-5(6)9(12)13/h6,8,10-11,16,19,26H,4-5,7,9,12-15,17-18H2,1-3H3,(H,25,28);6,8,10-12,14H,4-5,7,9,13,19H2,1-3H3,(H,20,21);6,8,10-12,14,20H,4-5,7,9,13H2,1-3H3,(H,19,21);2-7H2,1H3;1-3H,7H2/b3*8-6+;;. The van der Waals surface area contributed by atoms with Crippen molar-refractivity contribution >= 4 is 52.7 Å². The van der Waals surface area contributed by atoms with Gasteiger partial charge < -0.3 is 73.8 Å². The average molecular weight is 1510 g/mol. The third kappa shape index (κ3) is 45.2. The van der Waals surface area contributed by atoms with Gasteiger partial charge in [-0.1, -0.05) is 96.2 Å². The van der Waals surface area contributed by atoms with E-state index < -0.39 is 39.0 Å². The summed E-state index contributed by atoms with van der Waals surface area (Å²) in [5.41, 5.74) is 1.80. The molecule has 0 spiro atoms. The van der Waals surface area contributed by atoms with Crippen LogP contribution in [-0.2, 0) is 72.2 Å². The summed E-state index contributed by atoms with van der Waals surface area (Å²) in [7, 11) is 6.13. The van der Waals surface area contributed by atoms with E-state index in [-0.39, 0.29) is 93.7 Å². The maximum atomic E-state index is 12.0. The van der Waals surface area contributed by atoms with Crippen molar-refractivity contribution in [3.8, 4) is 40.2 Å². The fourth-order valence-electron chi connectivity index (χ4n) is 8.96. The number of phenols is 1. The number of rotatable bonds is 46. The highest BCUT2D eigenvalue weighted by Gasteiger charge is 2.33. The number of Topliss-reactive ketones (excluding diaryl/α,β-unsaturated/α-hetero) is 1. The number of non-ortho nitro benzene ring substituents is 1. The van der Waals surface area contributed by atoms with Gasteiger partial charge in [0.05, 0.1) is 83.3 Å². The van der Waals surface area contributed by atoms with Crippen LogP contribution in [0.5, 0.6) is 40.2 Å². The summed E-state index contributed by atoms with van der Waals surface area (Å²) in [4.78, 5) is 114. The molecule has 594 valence electrons. The maximum Gasteiger partial charge on any atom is 0.335 e. The summed E-state index contributed by atoms with van der Waals surface area (Å²) in [6, 6.07) is 18.7. The first-order chi connectivity index (χ1) is 51.2. The Kier molecular flexibility index (Phi) is 51.6. The largest absolute Gasteiger partial charge is 0.504 e. The number of imide groups is 1. The predicted octanol–water partition coefficient (Wildman–Crippen LogP) is 11.0. The Morgan fingerprint density at radius 3 is 1.38 bits per heavy atom. The van der Waals surface area contributed by atoms with Crippen molar-refractivity contribution in [1.29, 1.82) is 0 Å². The number of carbonyl (C=O) groups excluding carboxylic acids is 7. The molecular weight excluding hydrogens is 1390 g/mol. The molecule has 0 aliphatic carbocycles. The van der Waals surface area contributed by atoms with Crippen LogP contribution in [0.25, 0.3) is 0 Å². The zero-order valence-electron chi connectivity index (χ0n) is 63.5. The van der Waals surface area contributed by atoms with Gasteiger partial charge in [-0.15, -0.1) is 5.06 Å². The molecular formula is C76H112N8O23. The van der Waals surface area contributed by atoms with Crippen molar-refractivity contribution in [1.82, 2.24) is 21.0 Å². The van der Waals surface area contributed by atoms with Gasteiger partial charge in [-0.25, -0.2) is 4.79 Å². The molecule has 31 heteroatoms. The molecule has 1 aliphatic rings. The van der Waals surface area contributed by atoms with Gasteiger partial charge in [-0.3, -0.25) is 49.0 Å². The highest BCUT2D eigenvalue weighted by atomic mass is 16.7. The number of ketones is 1. The van der Waals surface area contributed by atoms with E-state index in [2.05, 4.69) is 104 Å².